The van der Waals surface area contributed by atoms with E-state index in [1.165, 1.54) is 4.90 Å². The van der Waals surface area contributed by atoms with Crippen molar-refractivity contribution in [3.63, 3.8) is 0 Å². The van der Waals surface area contributed by atoms with Crippen LogP contribution in [0.1, 0.15) is 15.9 Å². The molecule has 2 amide bonds. The third kappa shape index (κ3) is 4.55. The minimum Gasteiger partial charge on any atom is -0.350 e. The van der Waals surface area contributed by atoms with Crippen molar-refractivity contribution in [2.24, 2.45) is 0 Å². The maximum absolute atomic E-state index is 12.7. The summed E-state index contributed by atoms with van der Waals surface area (Å²) in [5, 5.41) is 3.53. The number of halogens is 1. The van der Waals surface area contributed by atoms with Gasteiger partial charge in [0.25, 0.3) is 5.91 Å². The molecule has 4 nitrogen and oxygen atoms in total. The number of benzene rings is 2. The molecule has 0 aliphatic carbocycles. The second-order valence-electron chi connectivity index (χ2n) is 5.86. The Bertz CT molecular complexity index is 781. The molecule has 3 rings (SSSR count). The summed E-state index contributed by atoms with van der Waals surface area (Å²) in [6.45, 7) is 0.456. The predicted molar refractivity (Wildman–Crippen MR) is 109 cm³/mol. The molecule has 0 bridgehead atoms. The van der Waals surface area contributed by atoms with Gasteiger partial charge in [-0.15, -0.1) is 23.5 Å². The minimum absolute atomic E-state index is 0.119. The summed E-state index contributed by atoms with van der Waals surface area (Å²) in [6.07, 6.45) is 2.03. The highest BCUT2D eigenvalue weighted by molar-refractivity contribution is 7.99. The first-order chi connectivity index (χ1) is 12.6. The number of amides is 2. The van der Waals surface area contributed by atoms with Crippen molar-refractivity contribution < 1.29 is 9.59 Å². The van der Waals surface area contributed by atoms with E-state index in [2.05, 4.69) is 5.32 Å². The van der Waals surface area contributed by atoms with Crippen LogP contribution in [0.2, 0.25) is 5.02 Å². The van der Waals surface area contributed by atoms with Gasteiger partial charge >= 0.3 is 0 Å². The van der Waals surface area contributed by atoms with Crippen molar-refractivity contribution in [2.75, 3.05) is 17.9 Å². The Kier molecular flexibility index (Phi) is 6.51. The van der Waals surface area contributed by atoms with Gasteiger partial charge in [0.2, 0.25) is 5.91 Å². The Morgan fingerprint density at radius 2 is 1.88 bits per heavy atom. The summed E-state index contributed by atoms with van der Waals surface area (Å²) in [5.74, 6) is 0.862. The van der Waals surface area contributed by atoms with E-state index in [1.54, 1.807) is 52.7 Å². The highest BCUT2D eigenvalue weighted by Gasteiger charge is 2.34. The average Bonchev–Trinajstić information content (AvgIpc) is 3.16. The van der Waals surface area contributed by atoms with Crippen molar-refractivity contribution in [3.8, 4) is 0 Å². The quantitative estimate of drug-likeness (QED) is 0.765. The average molecular weight is 407 g/mol. The standard InChI is InChI=1S/C19H19ClN2O2S2/c1-25-16-8-2-13(3-9-16)10-21-18(23)17-11-26-12-22(17)19(24)14-4-6-15(20)7-5-14/h2-9,17H,10-12H2,1H3,(H,21,23). The Hall–Kier alpha value is -1.63. The van der Waals surface area contributed by atoms with Crippen LogP contribution in [0.5, 0.6) is 0 Å². The van der Waals surface area contributed by atoms with Crippen LogP contribution in [0.25, 0.3) is 0 Å². The van der Waals surface area contributed by atoms with Gasteiger partial charge in [-0.2, -0.15) is 0 Å². The van der Waals surface area contributed by atoms with Crippen LogP contribution in [0.4, 0.5) is 0 Å². The lowest BCUT2D eigenvalue weighted by molar-refractivity contribution is -0.124. The highest BCUT2D eigenvalue weighted by atomic mass is 35.5. The number of thioether (sulfide) groups is 2. The molecular weight excluding hydrogens is 388 g/mol. The summed E-state index contributed by atoms with van der Waals surface area (Å²) in [5.41, 5.74) is 1.58. The molecule has 1 heterocycles. The van der Waals surface area contributed by atoms with Gasteiger partial charge < -0.3 is 10.2 Å². The van der Waals surface area contributed by atoms with Crippen molar-refractivity contribution in [1.29, 1.82) is 0 Å². The molecule has 1 unspecified atom stereocenters. The largest absolute Gasteiger partial charge is 0.350 e. The summed E-state index contributed by atoms with van der Waals surface area (Å²) in [7, 11) is 0. The number of rotatable bonds is 5. The van der Waals surface area contributed by atoms with Crippen LogP contribution in [0, 0.1) is 0 Å². The first kappa shape index (κ1) is 19.1. The van der Waals surface area contributed by atoms with Gasteiger partial charge in [-0.3, -0.25) is 9.59 Å². The molecule has 2 aromatic carbocycles. The number of carbonyl (C=O) groups is 2. The van der Waals surface area contributed by atoms with Crippen LogP contribution in [0.3, 0.4) is 0 Å². The highest BCUT2D eigenvalue weighted by Crippen LogP contribution is 2.24. The van der Waals surface area contributed by atoms with Gasteiger partial charge in [0.15, 0.2) is 0 Å². The Balaban J connectivity index is 1.62. The number of nitrogens with zero attached hydrogens (tertiary/aromatic N) is 1. The first-order valence-electron chi connectivity index (χ1n) is 8.13. The molecule has 1 N–H and O–H groups in total. The fourth-order valence-electron chi connectivity index (χ4n) is 2.67. The maximum Gasteiger partial charge on any atom is 0.255 e. The molecule has 1 aliphatic rings. The summed E-state index contributed by atoms with van der Waals surface area (Å²) in [4.78, 5) is 28.1. The van der Waals surface area contributed by atoms with Gasteiger partial charge in [0.05, 0.1) is 5.88 Å². The zero-order chi connectivity index (χ0) is 18.5. The number of hydrogen-bond acceptors (Lipinski definition) is 4. The van der Waals surface area contributed by atoms with E-state index < -0.39 is 6.04 Å². The SMILES string of the molecule is CSc1ccc(CNC(=O)C2CSCN2C(=O)c2ccc(Cl)cc2)cc1. The third-order valence-electron chi connectivity index (χ3n) is 4.16. The van der Waals surface area contributed by atoms with Gasteiger partial charge in [-0.1, -0.05) is 23.7 Å². The smallest absolute Gasteiger partial charge is 0.255 e. The zero-order valence-electron chi connectivity index (χ0n) is 14.3. The van der Waals surface area contributed by atoms with Crippen molar-refractivity contribution >= 4 is 46.9 Å². The third-order valence-corrected chi connectivity index (χ3v) is 6.17. The first-order valence-corrected chi connectivity index (χ1v) is 10.9. The molecule has 1 atom stereocenters. The predicted octanol–water partition coefficient (Wildman–Crippen LogP) is 3.89. The number of carbonyl (C=O) groups excluding carboxylic acids is 2. The van der Waals surface area contributed by atoms with Gasteiger partial charge in [0.1, 0.15) is 6.04 Å². The van der Waals surface area contributed by atoms with E-state index >= 15 is 0 Å². The second-order valence-corrected chi connectivity index (χ2v) is 8.18. The molecule has 0 radical (unpaired) electrons. The Labute approximate surface area is 166 Å². The molecule has 0 saturated carbocycles. The molecule has 26 heavy (non-hydrogen) atoms. The van der Waals surface area contributed by atoms with E-state index in [0.717, 1.165) is 5.56 Å². The minimum atomic E-state index is -0.450. The molecular formula is C19H19ClN2O2S2. The molecule has 0 spiro atoms. The monoisotopic (exact) mass is 406 g/mol. The van der Waals surface area contributed by atoms with Crippen LogP contribution in [-0.4, -0.2) is 40.6 Å². The molecule has 1 saturated heterocycles. The van der Waals surface area contributed by atoms with E-state index in [0.29, 0.717) is 28.8 Å². The lowest BCUT2D eigenvalue weighted by Gasteiger charge is -2.23. The van der Waals surface area contributed by atoms with Crippen LogP contribution < -0.4 is 5.32 Å². The Morgan fingerprint density at radius 1 is 1.19 bits per heavy atom. The molecule has 1 fully saturated rings. The summed E-state index contributed by atoms with van der Waals surface area (Å²) in [6, 6.07) is 14.4. The van der Waals surface area contributed by atoms with Gasteiger partial charge in [0, 0.05) is 27.8 Å². The molecule has 1 aliphatic heterocycles. The van der Waals surface area contributed by atoms with Crippen LogP contribution >= 0.6 is 35.1 Å². The van der Waals surface area contributed by atoms with E-state index in [4.69, 9.17) is 11.6 Å². The number of nitrogens with one attached hydrogen (secondary N) is 1. The van der Waals surface area contributed by atoms with Crippen LogP contribution in [0.15, 0.2) is 53.4 Å². The molecule has 7 heteroatoms. The van der Waals surface area contributed by atoms with E-state index in [1.807, 2.05) is 30.5 Å². The molecule has 136 valence electrons. The lowest BCUT2D eigenvalue weighted by atomic mass is 10.1. The lowest BCUT2D eigenvalue weighted by Crippen LogP contribution is -2.47. The van der Waals surface area contributed by atoms with Crippen LogP contribution in [-0.2, 0) is 11.3 Å². The van der Waals surface area contributed by atoms with Gasteiger partial charge in [-0.25, -0.2) is 0 Å². The fourth-order valence-corrected chi connectivity index (χ4v) is 4.36. The normalized spacial score (nSPS) is 16.5. The number of hydrogen-bond donors (Lipinski definition) is 1. The van der Waals surface area contributed by atoms with E-state index in [-0.39, 0.29) is 11.8 Å². The van der Waals surface area contributed by atoms with E-state index in [9.17, 15) is 9.59 Å². The molecule has 2 aromatic rings. The summed E-state index contributed by atoms with van der Waals surface area (Å²) < 4.78 is 0. The van der Waals surface area contributed by atoms with Crippen molar-refractivity contribution in [1.82, 2.24) is 10.2 Å². The molecule has 0 aromatic heterocycles. The fraction of sp³-hybridized carbons (Fsp3) is 0.263. The van der Waals surface area contributed by atoms with Crippen molar-refractivity contribution in [2.45, 2.75) is 17.5 Å². The van der Waals surface area contributed by atoms with Crippen molar-refractivity contribution in [3.05, 3.63) is 64.7 Å². The Morgan fingerprint density at radius 3 is 2.54 bits per heavy atom. The topological polar surface area (TPSA) is 49.4 Å². The maximum atomic E-state index is 12.7. The summed E-state index contributed by atoms with van der Waals surface area (Å²) >= 11 is 9.15. The van der Waals surface area contributed by atoms with Gasteiger partial charge in [-0.05, 0) is 48.2 Å². The second kappa shape index (κ2) is 8.84. The zero-order valence-corrected chi connectivity index (χ0v) is 16.7.